The third-order valence-electron chi connectivity index (χ3n) is 4.54. The van der Waals surface area contributed by atoms with Gasteiger partial charge in [0.15, 0.2) is 9.84 Å². The van der Waals surface area contributed by atoms with Crippen LogP contribution in [0.2, 0.25) is 0 Å². The summed E-state index contributed by atoms with van der Waals surface area (Å²) in [6.07, 6.45) is -3.91. The molecule has 1 aromatic rings. The van der Waals surface area contributed by atoms with Gasteiger partial charge in [-0.15, -0.1) is 0 Å². The molecule has 1 fully saturated rings. The number of rotatable bonds is 7. The lowest BCUT2D eigenvalue weighted by molar-refractivity contribution is -0.124. The molecule has 0 aromatic heterocycles. The Labute approximate surface area is 165 Å². The Bertz CT molecular complexity index is 913. The van der Waals surface area contributed by atoms with Crippen LogP contribution in [0.1, 0.15) is 18.4 Å². The van der Waals surface area contributed by atoms with Crippen molar-refractivity contribution < 1.29 is 30.8 Å². The van der Waals surface area contributed by atoms with E-state index in [9.17, 15) is 30.8 Å². The molecular formula is C18H21F4N3O3S. The van der Waals surface area contributed by atoms with Gasteiger partial charge in [0, 0.05) is 13.1 Å². The number of sulfone groups is 1. The summed E-state index contributed by atoms with van der Waals surface area (Å²) in [5, 5.41) is 7.68. The van der Waals surface area contributed by atoms with E-state index in [2.05, 4.69) is 0 Å². The average Bonchev–Trinajstić information content (AvgIpc) is 2.96. The minimum absolute atomic E-state index is 0.0116. The quantitative estimate of drug-likeness (QED) is 0.507. The molecule has 2 rings (SSSR count). The lowest BCUT2D eigenvalue weighted by Crippen LogP contribution is -2.37. The smallest absolute Gasteiger partial charge is 0.395 e. The fraction of sp³-hybridized carbons (Fsp3) is 0.444. The Balaban J connectivity index is 2.16. The fourth-order valence-corrected chi connectivity index (χ4v) is 4.93. The highest BCUT2D eigenvalue weighted by atomic mass is 32.2. The second kappa shape index (κ2) is 8.93. The molecule has 1 amide bonds. The minimum Gasteiger partial charge on any atom is -0.395 e. The van der Waals surface area contributed by atoms with Gasteiger partial charge in [0.1, 0.15) is 17.2 Å². The molecule has 1 saturated heterocycles. The number of benzene rings is 1. The van der Waals surface area contributed by atoms with Gasteiger partial charge in [-0.25, -0.2) is 12.8 Å². The molecule has 0 spiro atoms. The molecule has 1 unspecified atom stereocenters. The average molecular weight is 435 g/mol. The van der Waals surface area contributed by atoms with Crippen molar-refractivity contribution in [2.75, 3.05) is 18.1 Å². The Morgan fingerprint density at radius 3 is 2.59 bits per heavy atom. The summed E-state index contributed by atoms with van der Waals surface area (Å²) in [6.45, 7) is -0.129. The molecule has 1 aliphatic rings. The summed E-state index contributed by atoms with van der Waals surface area (Å²) in [5.41, 5.74) is 2.72. The zero-order valence-electron chi connectivity index (χ0n) is 15.4. The molecule has 1 aromatic carbocycles. The maximum Gasteiger partial charge on any atom is 0.430 e. The van der Waals surface area contributed by atoms with Crippen LogP contribution < -0.4 is 5.73 Å². The van der Waals surface area contributed by atoms with E-state index in [0.29, 0.717) is 18.4 Å². The van der Waals surface area contributed by atoms with Gasteiger partial charge in [-0.2, -0.15) is 13.2 Å². The number of alkyl halides is 3. The lowest BCUT2D eigenvalue weighted by Gasteiger charge is -2.24. The second-order valence-electron chi connectivity index (χ2n) is 6.93. The standard InChI is InChI=1S/C18H21F4N3O3S/c19-14-3-1-2-13(8-14)10-25(6-4-12-5-7-29(27,28)11-12)17(26)15(23)9-16(24)18(20,21)22/h1-3,8-9,12,23H,4-7,10-11,24H2. The molecule has 0 aliphatic carbocycles. The van der Waals surface area contributed by atoms with Gasteiger partial charge in [0.2, 0.25) is 0 Å². The third-order valence-corrected chi connectivity index (χ3v) is 6.38. The number of hydrogen-bond acceptors (Lipinski definition) is 5. The monoisotopic (exact) mass is 435 g/mol. The van der Waals surface area contributed by atoms with E-state index in [1.54, 1.807) is 0 Å². The van der Waals surface area contributed by atoms with Crippen LogP contribution in [0.25, 0.3) is 0 Å². The number of nitrogens with zero attached hydrogens (tertiary/aromatic N) is 1. The first-order chi connectivity index (χ1) is 13.4. The van der Waals surface area contributed by atoms with E-state index < -0.39 is 39.1 Å². The molecule has 6 nitrogen and oxygen atoms in total. The summed E-state index contributed by atoms with van der Waals surface area (Å²) in [5.74, 6) is -1.72. The van der Waals surface area contributed by atoms with Crippen molar-refractivity contribution in [3.63, 3.8) is 0 Å². The van der Waals surface area contributed by atoms with Crippen molar-refractivity contribution >= 4 is 21.5 Å². The van der Waals surface area contributed by atoms with Crippen LogP contribution in [0.4, 0.5) is 17.6 Å². The summed E-state index contributed by atoms with van der Waals surface area (Å²) >= 11 is 0. The van der Waals surface area contributed by atoms with Gasteiger partial charge >= 0.3 is 6.18 Å². The molecule has 1 atom stereocenters. The highest BCUT2D eigenvalue weighted by Gasteiger charge is 2.33. The minimum atomic E-state index is -4.88. The molecule has 1 heterocycles. The molecule has 160 valence electrons. The second-order valence-corrected chi connectivity index (χ2v) is 9.15. The Hall–Kier alpha value is -2.43. The van der Waals surface area contributed by atoms with Crippen molar-refractivity contribution in [3.8, 4) is 0 Å². The first kappa shape index (κ1) is 22.9. The number of amides is 1. The Morgan fingerprint density at radius 2 is 2.03 bits per heavy atom. The van der Waals surface area contributed by atoms with E-state index in [-0.39, 0.29) is 36.6 Å². The Morgan fingerprint density at radius 1 is 1.34 bits per heavy atom. The van der Waals surface area contributed by atoms with Crippen molar-refractivity contribution in [2.24, 2.45) is 11.7 Å². The summed E-state index contributed by atoms with van der Waals surface area (Å²) < 4.78 is 74.3. The van der Waals surface area contributed by atoms with Gasteiger partial charge in [0.25, 0.3) is 5.91 Å². The number of nitrogens with one attached hydrogen (secondary N) is 1. The normalized spacial score (nSPS) is 19.2. The van der Waals surface area contributed by atoms with Crippen molar-refractivity contribution in [1.82, 2.24) is 4.90 Å². The first-order valence-electron chi connectivity index (χ1n) is 8.74. The molecule has 0 radical (unpaired) electrons. The van der Waals surface area contributed by atoms with Crippen molar-refractivity contribution in [2.45, 2.75) is 25.6 Å². The van der Waals surface area contributed by atoms with Gasteiger partial charge in [-0.05, 0) is 42.5 Å². The number of carbonyl (C=O) groups excluding carboxylic acids is 1. The van der Waals surface area contributed by atoms with Gasteiger partial charge in [0.05, 0.1) is 11.5 Å². The summed E-state index contributed by atoms with van der Waals surface area (Å²) in [6, 6.07) is 5.33. The van der Waals surface area contributed by atoms with Gasteiger partial charge < -0.3 is 10.6 Å². The molecular weight excluding hydrogens is 414 g/mol. The van der Waals surface area contributed by atoms with Crippen LogP contribution in [0.15, 0.2) is 36.0 Å². The molecule has 3 N–H and O–H groups in total. The van der Waals surface area contributed by atoms with E-state index >= 15 is 0 Å². The van der Waals surface area contributed by atoms with E-state index in [4.69, 9.17) is 11.1 Å². The van der Waals surface area contributed by atoms with Crippen LogP contribution in [-0.2, 0) is 21.2 Å². The largest absolute Gasteiger partial charge is 0.430 e. The number of hydrogen-bond donors (Lipinski definition) is 2. The maximum absolute atomic E-state index is 13.4. The number of allylic oxidation sites excluding steroid dienone is 1. The fourth-order valence-electron chi connectivity index (χ4n) is 3.02. The molecule has 0 bridgehead atoms. The highest BCUT2D eigenvalue weighted by Crippen LogP contribution is 2.23. The predicted molar refractivity (Wildman–Crippen MR) is 99.2 cm³/mol. The lowest BCUT2D eigenvalue weighted by atomic mass is 10.0. The number of nitrogens with two attached hydrogens (primary N) is 1. The maximum atomic E-state index is 13.4. The molecule has 0 saturated carbocycles. The van der Waals surface area contributed by atoms with E-state index in [1.807, 2.05) is 0 Å². The van der Waals surface area contributed by atoms with Crippen LogP contribution >= 0.6 is 0 Å². The summed E-state index contributed by atoms with van der Waals surface area (Å²) in [7, 11) is -3.12. The zero-order valence-corrected chi connectivity index (χ0v) is 16.2. The number of halogens is 4. The van der Waals surface area contributed by atoms with Crippen molar-refractivity contribution in [3.05, 3.63) is 47.4 Å². The topological polar surface area (TPSA) is 104 Å². The van der Waals surface area contributed by atoms with Gasteiger partial charge in [-0.3, -0.25) is 10.2 Å². The molecule has 11 heteroatoms. The predicted octanol–water partition coefficient (Wildman–Crippen LogP) is 2.40. The zero-order chi connectivity index (χ0) is 21.8. The SMILES string of the molecule is N=C(C=C(N)C(F)(F)F)C(=O)N(CCC1CCS(=O)(=O)C1)Cc1cccc(F)c1. The molecule has 29 heavy (non-hydrogen) atoms. The third kappa shape index (κ3) is 6.84. The van der Waals surface area contributed by atoms with E-state index in [1.165, 1.54) is 24.3 Å². The van der Waals surface area contributed by atoms with E-state index in [0.717, 1.165) is 4.90 Å². The molecule has 1 aliphatic heterocycles. The Kier molecular flexibility index (Phi) is 7.04. The van der Waals surface area contributed by atoms with Crippen molar-refractivity contribution in [1.29, 1.82) is 5.41 Å². The van der Waals surface area contributed by atoms with Crippen LogP contribution in [0.5, 0.6) is 0 Å². The number of carbonyl (C=O) groups is 1. The first-order valence-corrected chi connectivity index (χ1v) is 10.6. The van der Waals surface area contributed by atoms with Crippen LogP contribution in [0.3, 0.4) is 0 Å². The highest BCUT2D eigenvalue weighted by molar-refractivity contribution is 7.91. The van der Waals surface area contributed by atoms with Gasteiger partial charge in [-0.1, -0.05) is 12.1 Å². The summed E-state index contributed by atoms with van der Waals surface area (Å²) in [4.78, 5) is 13.6. The van der Waals surface area contributed by atoms with Crippen LogP contribution in [-0.4, -0.2) is 49.2 Å². The van der Waals surface area contributed by atoms with Crippen LogP contribution in [0, 0.1) is 17.1 Å².